The van der Waals surface area contributed by atoms with Crippen molar-refractivity contribution in [3.63, 3.8) is 0 Å². The number of carbonyl (C=O) groups excluding carboxylic acids is 1. The highest BCUT2D eigenvalue weighted by Gasteiger charge is 2.25. The van der Waals surface area contributed by atoms with E-state index >= 15 is 0 Å². The number of benzene rings is 1. The molecule has 1 amide bonds. The Balaban J connectivity index is 1.46. The van der Waals surface area contributed by atoms with Gasteiger partial charge in [-0.3, -0.25) is 14.9 Å². The fourth-order valence-electron chi connectivity index (χ4n) is 3.41. The molecule has 0 saturated carbocycles. The van der Waals surface area contributed by atoms with Crippen LogP contribution in [0, 0.1) is 17.0 Å². The molecule has 10 heteroatoms. The van der Waals surface area contributed by atoms with Gasteiger partial charge in [-0.25, -0.2) is 0 Å². The van der Waals surface area contributed by atoms with Gasteiger partial charge >= 0.3 is 0 Å². The molecular weight excluding hydrogens is 376 g/mol. The number of hydrogen-bond donors (Lipinski definition) is 1. The van der Waals surface area contributed by atoms with E-state index in [9.17, 15) is 14.9 Å². The first kappa shape index (κ1) is 20.7. The average molecular weight is 402 g/mol. The second-order valence-electron chi connectivity index (χ2n) is 7.45. The monoisotopic (exact) mass is 402 g/mol. The molecule has 0 spiro atoms. The first-order valence-corrected chi connectivity index (χ1v) is 9.62. The van der Waals surface area contributed by atoms with Crippen LogP contribution in [0.4, 0.5) is 17.3 Å². The molecule has 0 aliphatic carbocycles. The van der Waals surface area contributed by atoms with Gasteiger partial charge in [-0.15, -0.1) is 0 Å². The molecule has 1 saturated heterocycles. The fourth-order valence-corrected chi connectivity index (χ4v) is 3.41. The number of hydrogen-bond acceptors (Lipinski definition) is 8. The quantitative estimate of drug-likeness (QED) is 0.555. The number of piperidine rings is 1. The van der Waals surface area contributed by atoms with E-state index in [1.54, 1.807) is 19.1 Å². The predicted molar refractivity (Wildman–Crippen MR) is 108 cm³/mol. The van der Waals surface area contributed by atoms with Crippen LogP contribution < -0.4 is 10.2 Å². The van der Waals surface area contributed by atoms with Crippen molar-refractivity contribution in [1.82, 2.24) is 15.0 Å². The molecule has 1 N–H and O–H groups in total. The zero-order chi connectivity index (χ0) is 21.0. The smallest absolute Gasteiger partial charge is 0.274 e. The first-order valence-electron chi connectivity index (χ1n) is 9.62. The summed E-state index contributed by atoms with van der Waals surface area (Å²) in [7, 11) is 3.74. The summed E-state index contributed by atoms with van der Waals surface area (Å²) in [6, 6.07) is 4.68. The van der Waals surface area contributed by atoms with Crippen molar-refractivity contribution in [2.24, 2.45) is 0 Å². The molecule has 2 heterocycles. The SMILES string of the molecule is Cc1c(NC(=O)CCN2CCC(c3nc(N(C)C)no3)CC2)cccc1[N+](=O)[O-]. The standard InChI is InChI=1S/C19H26N6O4/c1-13-15(5-4-6-16(13)25(27)28)20-17(26)9-12-24-10-7-14(8-11-24)18-21-19(22-29-18)23(2)3/h4-6,14H,7-12H2,1-3H3,(H,20,26). The van der Waals surface area contributed by atoms with Gasteiger partial charge in [0.2, 0.25) is 11.8 Å². The molecule has 10 nitrogen and oxygen atoms in total. The Labute approximate surface area is 169 Å². The van der Waals surface area contributed by atoms with E-state index in [-0.39, 0.29) is 17.5 Å². The molecule has 0 unspecified atom stereocenters. The predicted octanol–water partition coefficient (Wildman–Crippen LogP) is 2.56. The lowest BCUT2D eigenvalue weighted by atomic mass is 9.96. The second kappa shape index (κ2) is 8.99. The maximum Gasteiger partial charge on any atom is 0.274 e. The molecule has 2 aromatic rings. The lowest BCUT2D eigenvalue weighted by molar-refractivity contribution is -0.385. The van der Waals surface area contributed by atoms with Crippen LogP contribution in [-0.2, 0) is 4.79 Å². The third-order valence-corrected chi connectivity index (χ3v) is 5.20. The largest absolute Gasteiger partial charge is 0.344 e. The van der Waals surface area contributed by atoms with Crippen LogP contribution in [0.5, 0.6) is 0 Å². The van der Waals surface area contributed by atoms with Gasteiger partial charge in [-0.1, -0.05) is 6.07 Å². The van der Waals surface area contributed by atoms with Gasteiger partial charge in [0.15, 0.2) is 0 Å². The Kier molecular flexibility index (Phi) is 6.42. The van der Waals surface area contributed by atoms with E-state index in [0.29, 0.717) is 36.1 Å². The number of rotatable bonds is 7. The lowest BCUT2D eigenvalue weighted by Crippen LogP contribution is -2.35. The van der Waals surface area contributed by atoms with Crippen LogP contribution >= 0.6 is 0 Å². The van der Waals surface area contributed by atoms with Gasteiger partial charge in [-0.05, 0) is 44.1 Å². The van der Waals surface area contributed by atoms with Crippen LogP contribution in [0.1, 0.15) is 36.6 Å². The number of likely N-dealkylation sites (tertiary alicyclic amines) is 1. The molecule has 156 valence electrons. The van der Waals surface area contributed by atoms with E-state index < -0.39 is 4.92 Å². The minimum atomic E-state index is -0.444. The third-order valence-electron chi connectivity index (χ3n) is 5.20. The highest BCUT2D eigenvalue weighted by molar-refractivity contribution is 5.92. The number of nitro benzene ring substituents is 1. The summed E-state index contributed by atoms with van der Waals surface area (Å²) in [5.74, 6) is 1.35. The van der Waals surface area contributed by atoms with Crippen LogP contribution in [0.2, 0.25) is 0 Å². The summed E-state index contributed by atoms with van der Waals surface area (Å²) in [5, 5.41) is 17.8. The van der Waals surface area contributed by atoms with Crippen molar-refractivity contribution >= 4 is 23.2 Å². The number of nitrogens with zero attached hydrogens (tertiary/aromatic N) is 5. The number of carbonyl (C=O) groups is 1. The minimum absolute atomic E-state index is 0.00308. The molecule has 1 fully saturated rings. The molecular formula is C19H26N6O4. The highest BCUT2D eigenvalue weighted by Crippen LogP contribution is 2.28. The van der Waals surface area contributed by atoms with Crippen molar-refractivity contribution in [3.05, 3.63) is 39.8 Å². The van der Waals surface area contributed by atoms with Crippen molar-refractivity contribution in [3.8, 4) is 0 Å². The van der Waals surface area contributed by atoms with E-state index in [4.69, 9.17) is 4.52 Å². The molecule has 0 radical (unpaired) electrons. The molecule has 1 aromatic heterocycles. The number of aromatic nitrogens is 2. The Morgan fingerprint density at radius 3 is 2.72 bits per heavy atom. The molecule has 1 aromatic carbocycles. The topological polar surface area (TPSA) is 118 Å². The lowest BCUT2D eigenvalue weighted by Gasteiger charge is -2.30. The Morgan fingerprint density at radius 2 is 2.10 bits per heavy atom. The first-order chi connectivity index (χ1) is 13.8. The summed E-state index contributed by atoms with van der Waals surface area (Å²) >= 11 is 0. The maximum atomic E-state index is 12.3. The summed E-state index contributed by atoms with van der Waals surface area (Å²) in [5.41, 5.74) is 0.947. The summed E-state index contributed by atoms with van der Waals surface area (Å²) in [6.07, 6.45) is 2.14. The average Bonchev–Trinajstić information content (AvgIpc) is 3.19. The van der Waals surface area contributed by atoms with E-state index in [1.807, 2.05) is 19.0 Å². The zero-order valence-electron chi connectivity index (χ0n) is 16.9. The second-order valence-corrected chi connectivity index (χ2v) is 7.45. The molecule has 1 aliphatic rings. The van der Waals surface area contributed by atoms with E-state index in [0.717, 1.165) is 25.9 Å². The van der Waals surface area contributed by atoms with Crippen LogP contribution in [0.3, 0.4) is 0 Å². The van der Waals surface area contributed by atoms with Gasteiger partial charge in [0.25, 0.3) is 11.6 Å². The zero-order valence-corrected chi connectivity index (χ0v) is 16.9. The maximum absolute atomic E-state index is 12.3. The van der Waals surface area contributed by atoms with Gasteiger partial charge in [0.1, 0.15) is 0 Å². The number of nitro groups is 1. The number of amides is 1. The number of anilines is 2. The molecule has 0 bridgehead atoms. The highest BCUT2D eigenvalue weighted by atomic mass is 16.6. The third kappa shape index (κ3) is 5.08. The summed E-state index contributed by atoms with van der Waals surface area (Å²) < 4.78 is 5.37. The van der Waals surface area contributed by atoms with Gasteiger partial charge in [-0.2, -0.15) is 4.98 Å². The molecule has 3 rings (SSSR count). The van der Waals surface area contributed by atoms with Crippen molar-refractivity contribution in [2.45, 2.75) is 32.1 Å². The van der Waals surface area contributed by atoms with Crippen molar-refractivity contribution in [2.75, 3.05) is 43.9 Å². The van der Waals surface area contributed by atoms with E-state index in [1.165, 1.54) is 6.07 Å². The van der Waals surface area contributed by atoms with Crippen molar-refractivity contribution < 1.29 is 14.2 Å². The van der Waals surface area contributed by atoms with Crippen LogP contribution in [0.25, 0.3) is 0 Å². The minimum Gasteiger partial charge on any atom is -0.344 e. The molecule has 1 aliphatic heterocycles. The summed E-state index contributed by atoms with van der Waals surface area (Å²) in [6.45, 7) is 3.98. The Bertz CT molecular complexity index is 873. The normalized spacial score (nSPS) is 15.3. The molecule has 0 atom stereocenters. The number of nitrogens with one attached hydrogen (secondary N) is 1. The summed E-state index contributed by atoms with van der Waals surface area (Å²) in [4.78, 5) is 31.3. The van der Waals surface area contributed by atoms with Gasteiger partial charge in [0.05, 0.1) is 16.2 Å². The van der Waals surface area contributed by atoms with Crippen LogP contribution in [0.15, 0.2) is 22.7 Å². The van der Waals surface area contributed by atoms with Gasteiger partial charge < -0.3 is 19.6 Å². The Morgan fingerprint density at radius 1 is 1.38 bits per heavy atom. The molecule has 29 heavy (non-hydrogen) atoms. The fraction of sp³-hybridized carbons (Fsp3) is 0.526. The van der Waals surface area contributed by atoms with Crippen molar-refractivity contribution in [1.29, 1.82) is 0 Å². The van der Waals surface area contributed by atoms with E-state index in [2.05, 4.69) is 20.4 Å². The van der Waals surface area contributed by atoms with Gasteiger partial charge in [0, 0.05) is 39.0 Å². The Hall–Kier alpha value is -3.01. The van der Waals surface area contributed by atoms with Crippen LogP contribution in [-0.4, -0.2) is 59.6 Å².